The molecule has 2 aliphatic carbocycles. The molecule has 10 nitrogen and oxygen atoms in total. The van der Waals surface area contributed by atoms with Gasteiger partial charge in [-0.1, -0.05) is 41.5 Å². The maximum absolute atomic E-state index is 13.5. The molecule has 0 aromatic carbocycles. The van der Waals surface area contributed by atoms with Crippen LogP contribution in [0.2, 0.25) is 0 Å². The van der Waals surface area contributed by atoms with Crippen LogP contribution in [0.5, 0.6) is 0 Å². The second-order valence-corrected chi connectivity index (χ2v) is 10.9. The van der Waals surface area contributed by atoms with Gasteiger partial charge in [0.05, 0.1) is 0 Å². The molecular formula is C20H32N4O6. The molecule has 2 saturated carbocycles. The zero-order chi connectivity index (χ0) is 23.3. The van der Waals surface area contributed by atoms with Crippen molar-refractivity contribution in [3.05, 3.63) is 0 Å². The highest BCUT2D eigenvalue weighted by Crippen LogP contribution is 2.67. The summed E-state index contributed by atoms with van der Waals surface area (Å²) in [7, 11) is 0. The average molecular weight is 424 g/mol. The number of hydrogen-bond acceptors (Lipinski definition) is 6. The van der Waals surface area contributed by atoms with E-state index in [1.165, 1.54) is 0 Å². The number of hydrogen-bond donors (Lipinski definition) is 4. The fourth-order valence-electron chi connectivity index (χ4n) is 4.76. The summed E-state index contributed by atoms with van der Waals surface area (Å²) >= 11 is 0. The smallest absolute Gasteiger partial charge is 0.273 e. The quantitative estimate of drug-likeness (QED) is 0.451. The monoisotopic (exact) mass is 424 g/mol. The molecule has 0 bridgehead atoms. The van der Waals surface area contributed by atoms with Gasteiger partial charge in [0.15, 0.2) is 0 Å². The normalized spacial score (nSPS) is 31.6. The fraction of sp³-hybridized carbons (Fsp3) is 0.800. The summed E-state index contributed by atoms with van der Waals surface area (Å²) in [6.07, 6.45) is 0.253. The van der Waals surface area contributed by atoms with Gasteiger partial charge in [-0.05, 0) is 25.7 Å². The predicted molar refractivity (Wildman–Crippen MR) is 105 cm³/mol. The van der Waals surface area contributed by atoms with Crippen molar-refractivity contribution < 1.29 is 29.4 Å². The number of piperazine rings is 1. The van der Waals surface area contributed by atoms with Crippen LogP contribution in [0, 0.1) is 10.8 Å². The van der Waals surface area contributed by atoms with Crippen LogP contribution in [0.3, 0.4) is 0 Å². The third kappa shape index (κ3) is 2.37. The van der Waals surface area contributed by atoms with Crippen LogP contribution < -0.4 is 11.5 Å². The van der Waals surface area contributed by atoms with Crippen LogP contribution in [-0.4, -0.2) is 66.2 Å². The highest BCUT2D eigenvalue weighted by molar-refractivity contribution is 6.00. The summed E-state index contributed by atoms with van der Waals surface area (Å²) in [6.45, 7) is 9.51. The molecule has 4 amide bonds. The number of nitrogens with two attached hydrogens (primary N) is 2. The van der Waals surface area contributed by atoms with Crippen LogP contribution in [0.15, 0.2) is 0 Å². The van der Waals surface area contributed by atoms with Crippen molar-refractivity contribution in [3.63, 3.8) is 0 Å². The molecule has 2 atom stereocenters. The Bertz CT molecular complexity index is 778. The number of nitrogens with zero attached hydrogens (tertiary/aromatic N) is 2. The number of amides is 4. The topological polar surface area (TPSA) is 167 Å². The molecule has 1 saturated heterocycles. The summed E-state index contributed by atoms with van der Waals surface area (Å²) in [6, 6.07) is 0. The number of aliphatic hydroxyl groups is 2. The SMILES string of the molecule is CC(C)(C)C(=O)N1C2(CC2)[C@](O)(C(N)=O)N(C(=O)C(C)(C)C)C2(CC2)[C@]1(O)C(N)=O. The molecule has 0 radical (unpaired) electrons. The lowest BCUT2D eigenvalue weighted by Gasteiger charge is -2.63. The van der Waals surface area contributed by atoms with Gasteiger partial charge in [0.2, 0.25) is 23.3 Å². The Morgan fingerprint density at radius 2 is 0.900 bits per heavy atom. The summed E-state index contributed by atoms with van der Waals surface area (Å²) in [4.78, 5) is 54.2. The highest BCUT2D eigenvalue weighted by atomic mass is 16.4. The molecule has 0 aromatic heterocycles. The number of carbonyl (C=O) groups is 4. The lowest BCUT2D eigenvalue weighted by atomic mass is 9.76. The Balaban J connectivity index is 2.39. The molecule has 1 heterocycles. The molecular weight excluding hydrogens is 392 g/mol. The molecule has 3 fully saturated rings. The molecule has 6 N–H and O–H groups in total. The van der Waals surface area contributed by atoms with Gasteiger partial charge in [0, 0.05) is 10.8 Å². The second-order valence-electron chi connectivity index (χ2n) is 10.9. The van der Waals surface area contributed by atoms with Gasteiger partial charge in [-0.15, -0.1) is 0 Å². The molecule has 0 aromatic rings. The van der Waals surface area contributed by atoms with E-state index in [1.54, 1.807) is 41.5 Å². The zero-order valence-corrected chi connectivity index (χ0v) is 18.4. The Hall–Kier alpha value is -2.20. The minimum Gasteiger partial charge on any atom is -0.365 e. The van der Waals surface area contributed by atoms with Crippen molar-refractivity contribution in [2.24, 2.45) is 22.3 Å². The van der Waals surface area contributed by atoms with E-state index in [9.17, 15) is 29.4 Å². The molecule has 30 heavy (non-hydrogen) atoms. The third-order valence-electron chi connectivity index (χ3n) is 6.62. The lowest BCUT2D eigenvalue weighted by molar-refractivity contribution is -0.290. The Morgan fingerprint density at radius 1 is 0.667 bits per heavy atom. The van der Waals surface area contributed by atoms with E-state index < -0.39 is 57.0 Å². The van der Waals surface area contributed by atoms with Gasteiger partial charge < -0.3 is 21.7 Å². The first-order valence-electron chi connectivity index (χ1n) is 10.1. The summed E-state index contributed by atoms with van der Waals surface area (Å²) in [5.41, 5.74) is 0.453. The second kappa shape index (κ2) is 5.73. The Morgan fingerprint density at radius 3 is 1.03 bits per heavy atom. The molecule has 0 unspecified atom stereocenters. The van der Waals surface area contributed by atoms with E-state index in [-0.39, 0.29) is 25.7 Å². The highest BCUT2D eigenvalue weighted by Gasteiger charge is 2.87. The molecule has 3 aliphatic rings. The number of rotatable bonds is 2. The van der Waals surface area contributed by atoms with Gasteiger partial charge in [-0.3, -0.25) is 29.0 Å². The molecule has 2 spiro atoms. The van der Waals surface area contributed by atoms with Gasteiger partial charge in [0.25, 0.3) is 11.8 Å². The van der Waals surface area contributed by atoms with Crippen molar-refractivity contribution in [3.8, 4) is 0 Å². The van der Waals surface area contributed by atoms with E-state index in [1.807, 2.05) is 0 Å². The van der Waals surface area contributed by atoms with Crippen molar-refractivity contribution >= 4 is 23.6 Å². The summed E-state index contributed by atoms with van der Waals surface area (Å²) < 4.78 is 0. The van der Waals surface area contributed by atoms with Gasteiger partial charge in [-0.2, -0.15) is 0 Å². The van der Waals surface area contributed by atoms with Crippen LogP contribution in [0.1, 0.15) is 67.2 Å². The molecule has 168 valence electrons. The van der Waals surface area contributed by atoms with E-state index in [0.717, 1.165) is 9.80 Å². The summed E-state index contributed by atoms with van der Waals surface area (Å²) in [5, 5.41) is 23.6. The maximum Gasteiger partial charge on any atom is 0.273 e. The van der Waals surface area contributed by atoms with Gasteiger partial charge >= 0.3 is 0 Å². The largest absolute Gasteiger partial charge is 0.365 e. The number of primary amides is 2. The van der Waals surface area contributed by atoms with Crippen molar-refractivity contribution in [1.29, 1.82) is 0 Å². The van der Waals surface area contributed by atoms with E-state index in [2.05, 4.69) is 0 Å². The van der Waals surface area contributed by atoms with Crippen LogP contribution in [0.4, 0.5) is 0 Å². The average Bonchev–Trinajstić information content (AvgIpc) is 3.46. The molecule has 10 heteroatoms. The summed E-state index contributed by atoms with van der Waals surface area (Å²) in [5.74, 6) is -3.78. The Labute approximate surface area is 175 Å². The minimum atomic E-state index is -2.60. The van der Waals surface area contributed by atoms with Crippen molar-refractivity contribution in [2.45, 2.75) is 89.8 Å². The predicted octanol–water partition coefficient (Wildman–Crippen LogP) is -0.838. The van der Waals surface area contributed by atoms with Gasteiger partial charge in [0.1, 0.15) is 11.1 Å². The Kier molecular flexibility index (Phi) is 4.29. The molecule has 3 rings (SSSR count). The van der Waals surface area contributed by atoms with E-state index >= 15 is 0 Å². The van der Waals surface area contributed by atoms with Crippen LogP contribution in [-0.2, 0) is 19.2 Å². The lowest BCUT2D eigenvalue weighted by Crippen LogP contribution is -2.89. The van der Waals surface area contributed by atoms with Crippen molar-refractivity contribution in [1.82, 2.24) is 9.80 Å². The first-order valence-corrected chi connectivity index (χ1v) is 10.1. The standard InChI is InChI=1S/C20H32N4O6/c1-15(2,3)13(27)23-17(7-8-17)20(30,12(22)26)24(14(28)16(4,5)6)18(9-10-18)19(23,29)11(21)25/h29-30H,7-10H2,1-6H3,(H2,21,25)(H2,22,26)/t19-,20-/m1/s1. The third-order valence-corrected chi connectivity index (χ3v) is 6.62. The van der Waals surface area contributed by atoms with Crippen LogP contribution >= 0.6 is 0 Å². The van der Waals surface area contributed by atoms with Crippen molar-refractivity contribution in [2.75, 3.05) is 0 Å². The zero-order valence-electron chi connectivity index (χ0n) is 18.4. The number of carbonyl (C=O) groups excluding carboxylic acids is 4. The first-order chi connectivity index (χ1) is 13.4. The van der Waals surface area contributed by atoms with Crippen LogP contribution in [0.25, 0.3) is 0 Å². The maximum atomic E-state index is 13.5. The van der Waals surface area contributed by atoms with Gasteiger partial charge in [-0.25, -0.2) is 0 Å². The van der Waals surface area contributed by atoms with E-state index in [4.69, 9.17) is 11.5 Å². The van der Waals surface area contributed by atoms with E-state index in [0.29, 0.717) is 0 Å². The molecule has 1 aliphatic heterocycles. The first kappa shape index (κ1) is 22.5. The minimum absolute atomic E-state index is 0.0633. The fourth-order valence-corrected chi connectivity index (χ4v) is 4.76.